The molecule has 0 atom stereocenters. The van der Waals surface area contributed by atoms with Crippen molar-refractivity contribution >= 4 is 16.8 Å². The van der Waals surface area contributed by atoms with Gasteiger partial charge in [0.25, 0.3) is 5.09 Å². The summed E-state index contributed by atoms with van der Waals surface area (Å²) in [6.07, 6.45) is 4.57. The first kappa shape index (κ1) is 15.6. The molecule has 0 amide bonds. The van der Waals surface area contributed by atoms with Crippen LogP contribution in [-0.4, -0.2) is 21.9 Å². The van der Waals surface area contributed by atoms with Crippen LogP contribution in [0.25, 0.3) is 16.8 Å². The lowest BCUT2D eigenvalue weighted by atomic mass is 9.98. The number of allylic oxidation sites excluding steroid dienone is 1. The number of hydrogen-bond donors (Lipinski definition) is 2. The molecule has 0 fully saturated rings. The zero-order valence-electron chi connectivity index (χ0n) is 12.2. The van der Waals surface area contributed by atoms with Gasteiger partial charge in [-0.25, -0.2) is 0 Å². The molecular formula is C16H17NO5. The van der Waals surface area contributed by atoms with E-state index in [1.54, 1.807) is 43.3 Å². The lowest BCUT2D eigenvalue weighted by molar-refractivity contribution is -0.757. The van der Waals surface area contributed by atoms with Crippen molar-refractivity contribution in [2.24, 2.45) is 0 Å². The van der Waals surface area contributed by atoms with Crippen molar-refractivity contribution < 1.29 is 20.1 Å². The highest BCUT2D eigenvalue weighted by Crippen LogP contribution is 2.39. The topological polar surface area (TPSA) is 92.8 Å². The largest absolute Gasteiger partial charge is 0.507 e. The maximum atomic E-state index is 10.4. The summed E-state index contributed by atoms with van der Waals surface area (Å²) in [5, 5.41) is 31.0. The third-order valence-corrected chi connectivity index (χ3v) is 3.45. The molecule has 0 saturated heterocycles. The van der Waals surface area contributed by atoms with Gasteiger partial charge in [-0.15, -0.1) is 10.1 Å². The van der Waals surface area contributed by atoms with Gasteiger partial charge in [-0.05, 0) is 19.8 Å². The highest BCUT2D eigenvalue weighted by molar-refractivity contribution is 5.97. The van der Waals surface area contributed by atoms with Crippen molar-refractivity contribution in [2.45, 2.75) is 19.8 Å². The number of phenols is 2. The predicted molar refractivity (Wildman–Crippen MR) is 83.2 cm³/mol. The molecule has 2 aromatic rings. The molecule has 0 unspecified atom stereocenters. The average Bonchev–Trinajstić information content (AvgIpc) is 2.51. The van der Waals surface area contributed by atoms with Gasteiger partial charge in [0, 0.05) is 21.9 Å². The van der Waals surface area contributed by atoms with Crippen molar-refractivity contribution in [3.8, 4) is 11.5 Å². The molecule has 6 heteroatoms. The standard InChI is InChI=1S/C16H17NO5/c1-11-12(7-3-2-6-10-22-17(20)21)16(19)14-9-5-4-8-13(14)15(11)18/h3-5,7-9,18-19H,2,6,10H2,1H3. The third kappa shape index (κ3) is 3.28. The van der Waals surface area contributed by atoms with E-state index in [1.165, 1.54) is 0 Å². The molecule has 0 radical (unpaired) electrons. The fourth-order valence-corrected chi connectivity index (χ4v) is 2.29. The van der Waals surface area contributed by atoms with Crippen LogP contribution in [0.2, 0.25) is 0 Å². The number of rotatable bonds is 6. The summed E-state index contributed by atoms with van der Waals surface area (Å²) in [5.74, 6) is 0.258. The maximum absolute atomic E-state index is 10.4. The Morgan fingerprint density at radius 2 is 1.86 bits per heavy atom. The van der Waals surface area contributed by atoms with Crippen molar-refractivity contribution in [3.05, 3.63) is 51.6 Å². The van der Waals surface area contributed by atoms with Gasteiger partial charge in [-0.1, -0.05) is 36.4 Å². The molecule has 0 aromatic heterocycles. The summed E-state index contributed by atoms with van der Waals surface area (Å²) in [7, 11) is 0. The molecule has 6 nitrogen and oxygen atoms in total. The number of phenolic OH excluding ortho intramolecular Hbond substituents is 2. The summed E-state index contributed by atoms with van der Waals surface area (Å²) >= 11 is 0. The number of fused-ring (bicyclic) bond motifs is 1. The first-order chi connectivity index (χ1) is 10.5. The quantitative estimate of drug-likeness (QED) is 0.368. The van der Waals surface area contributed by atoms with Gasteiger partial charge in [0.1, 0.15) is 11.5 Å². The second-order valence-electron chi connectivity index (χ2n) is 4.88. The highest BCUT2D eigenvalue weighted by atomic mass is 16.9. The minimum absolute atomic E-state index is 0.0330. The molecule has 116 valence electrons. The molecule has 0 aliphatic heterocycles. The molecule has 0 aliphatic rings. The van der Waals surface area contributed by atoms with Gasteiger partial charge in [-0.3, -0.25) is 0 Å². The smallest absolute Gasteiger partial charge is 0.294 e. The fourth-order valence-electron chi connectivity index (χ4n) is 2.29. The molecule has 0 spiro atoms. The zero-order valence-corrected chi connectivity index (χ0v) is 12.2. The summed E-state index contributed by atoms with van der Waals surface area (Å²) in [4.78, 5) is 14.2. The molecule has 22 heavy (non-hydrogen) atoms. The average molecular weight is 303 g/mol. The van der Waals surface area contributed by atoms with Gasteiger partial charge in [0.15, 0.2) is 0 Å². The van der Waals surface area contributed by atoms with E-state index in [2.05, 4.69) is 4.84 Å². The van der Waals surface area contributed by atoms with Crippen molar-refractivity contribution in [3.63, 3.8) is 0 Å². The van der Waals surface area contributed by atoms with Crippen molar-refractivity contribution in [1.29, 1.82) is 0 Å². The lowest BCUT2D eigenvalue weighted by Crippen LogP contribution is -2.01. The molecule has 2 rings (SSSR count). The molecule has 2 aromatic carbocycles. The van der Waals surface area contributed by atoms with Gasteiger partial charge >= 0.3 is 0 Å². The van der Waals surface area contributed by atoms with E-state index in [4.69, 9.17) is 0 Å². The Labute approximate surface area is 127 Å². The number of benzene rings is 2. The minimum Gasteiger partial charge on any atom is -0.507 e. The second-order valence-corrected chi connectivity index (χ2v) is 4.88. The van der Waals surface area contributed by atoms with Crippen LogP contribution < -0.4 is 0 Å². The van der Waals surface area contributed by atoms with Crippen LogP contribution in [-0.2, 0) is 4.84 Å². The zero-order chi connectivity index (χ0) is 16.1. The molecule has 0 heterocycles. The van der Waals surface area contributed by atoms with Crippen LogP contribution in [0.5, 0.6) is 11.5 Å². The van der Waals surface area contributed by atoms with E-state index in [9.17, 15) is 20.3 Å². The summed E-state index contributed by atoms with van der Waals surface area (Å²) in [6, 6.07) is 7.08. The normalized spacial score (nSPS) is 11.1. The van der Waals surface area contributed by atoms with E-state index in [-0.39, 0.29) is 18.1 Å². The van der Waals surface area contributed by atoms with E-state index in [0.717, 1.165) is 0 Å². The molecule has 0 aliphatic carbocycles. The van der Waals surface area contributed by atoms with E-state index >= 15 is 0 Å². The lowest BCUT2D eigenvalue weighted by Gasteiger charge is -2.11. The summed E-state index contributed by atoms with van der Waals surface area (Å²) in [6.45, 7) is 1.77. The van der Waals surface area contributed by atoms with Crippen LogP contribution in [0.15, 0.2) is 30.3 Å². The summed E-state index contributed by atoms with van der Waals surface area (Å²) < 4.78 is 0. The van der Waals surface area contributed by atoms with Crippen LogP contribution in [0.1, 0.15) is 24.0 Å². The number of aromatic hydroxyl groups is 2. The predicted octanol–water partition coefficient (Wildman–Crippen LogP) is 3.56. The van der Waals surface area contributed by atoms with E-state index in [0.29, 0.717) is 34.7 Å². The second kappa shape index (κ2) is 6.80. The SMILES string of the molecule is Cc1c(C=CCCCO[N+](=O)[O-])c(O)c2ccccc2c1O. The Kier molecular flexibility index (Phi) is 4.83. The van der Waals surface area contributed by atoms with Crippen molar-refractivity contribution in [1.82, 2.24) is 0 Å². The Morgan fingerprint density at radius 1 is 1.23 bits per heavy atom. The Bertz CT molecular complexity index is 724. The van der Waals surface area contributed by atoms with Gasteiger partial charge in [0.2, 0.25) is 0 Å². The molecule has 2 N–H and O–H groups in total. The van der Waals surface area contributed by atoms with E-state index in [1.807, 2.05) is 0 Å². The van der Waals surface area contributed by atoms with Crippen LogP contribution >= 0.6 is 0 Å². The maximum Gasteiger partial charge on any atom is 0.294 e. The first-order valence-corrected chi connectivity index (χ1v) is 6.89. The Morgan fingerprint density at radius 3 is 2.50 bits per heavy atom. The monoisotopic (exact) mass is 303 g/mol. The Hall–Kier alpha value is -2.76. The molecule has 0 saturated carbocycles. The van der Waals surface area contributed by atoms with Gasteiger partial charge < -0.3 is 15.1 Å². The summed E-state index contributed by atoms with van der Waals surface area (Å²) in [5.41, 5.74) is 1.14. The number of hydrogen-bond acceptors (Lipinski definition) is 5. The van der Waals surface area contributed by atoms with Gasteiger partial charge in [0.05, 0.1) is 6.61 Å². The van der Waals surface area contributed by atoms with Crippen molar-refractivity contribution in [2.75, 3.05) is 6.61 Å². The molecular weight excluding hydrogens is 286 g/mol. The van der Waals surface area contributed by atoms with Crippen LogP contribution in [0.4, 0.5) is 0 Å². The number of nitrogens with zero attached hydrogens (tertiary/aromatic N) is 1. The first-order valence-electron chi connectivity index (χ1n) is 6.89. The van der Waals surface area contributed by atoms with Gasteiger partial charge in [-0.2, -0.15) is 0 Å². The Balaban J connectivity index is 2.19. The van der Waals surface area contributed by atoms with E-state index < -0.39 is 5.09 Å². The number of unbranched alkanes of at least 4 members (excludes halogenated alkanes) is 1. The third-order valence-electron chi connectivity index (χ3n) is 3.45. The highest BCUT2D eigenvalue weighted by Gasteiger charge is 2.13. The van der Waals surface area contributed by atoms with Crippen LogP contribution in [0, 0.1) is 17.0 Å². The molecule has 0 bridgehead atoms. The van der Waals surface area contributed by atoms with Crippen LogP contribution in [0.3, 0.4) is 0 Å². The minimum atomic E-state index is -0.818. The fraction of sp³-hybridized carbons (Fsp3) is 0.250.